The van der Waals surface area contributed by atoms with Gasteiger partial charge in [0.05, 0.1) is 5.69 Å². The van der Waals surface area contributed by atoms with Crippen LogP contribution in [0.25, 0.3) is 0 Å². The molecule has 1 aromatic rings. The lowest BCUT2D eigenvalue weighted by Crippen LogP contribution is -2.31. The lowest BCUT2D eigenvalue weighted by molar-refractivity contribution is 0.315. The van der Waals surface area contributed by atoms with E-state index in [9.17, 15) is 0 Å². The minimum Gasteiger partial charge on any atom is -0.346 e. The Labute approximate surface area is 127 Å². The molecule has 20 heavy (non-hydrogen) atoms. The monoisotopic (exact) mass is 296 g/mol. The first-order valence-electron chi connectivity index (χ1n) is 7.65. The van der Waals surface area contributed by atoms with E-state index in [1.807, 2.05) is 11.3 Å². The van der Waals surface area contributed by atoms with E-state index in [0.717, 1.165) is 19.6 Å². The summed E-state index contributed by atoms with van der Waals surface area (Å²) in [6, 6.07) is 1.08. The maximum Gasteiger partial charge on any atom is 0.185 e. The Balaban J connectivity index is 2.04. The second-order valence-electron chi connectivity index (χ2n) is 5.97. The predicted molar refractivity (Wildman–Crippen MR) is 87.9 cm³/mol. The molecule has 1 aliphatic rings. The van der Waals surface area contributed by atoms with Crippen molar-refractivity contribution in [2.75, 3.05) is 38.6 Å². The number of aryl methyl sites for hydroxylation is 1. The molecule has 2 unspecified atom stereocenters. The van der Waals surface area contributed by atoms with Gasteiger partial charge in [0, 0.05) is 30.1 Å². The first kappa shape index (κ1) is 15.7. The largest absolute Gasteiger partial charge is 0.346 e. The molecule has 0 aromatic carbocycles. The Morgan fingerprint density at radius 3 is 2.85 bits per heavy atom. The van der Waals surface area contributed by atoms with Crippen molar-refractivity contribution in [1.82, 2.24) is 15.2 Å². The summed E-state index contributed by atoms with van der Waals surface area (Å²) in [5.74, 6) is 0. The quantitative estimate of drug-likeness (QED) is 0.874. The second-order valence-corrected chi connectivity index (χ2v) is 6.98. The number of anilines is 1. The highest BCUT2D eigenvalue weighted by molar-refractivity contribution is 7.15. The SMILES string of the molecule is CCCNC(C)c1sc(N2CCC(N(C)C)C2)nc1C. The van der Waals surface area contributed by atoms with E-state index in [2.05, 4.69) is 50.0 Å². The summed E-state index contributed by atoms with van der Waals surface area (Å²) in [4.78, 5) is 11.0. The lowest BCUT2D eigenvalue weighted by Gasteiger charge is -2.19. The van der Waals surface area contributed by atoms with E-state index in [4.69, 9.17) is 4.98 Å². The topological polar surface area (TPSA) is 31.4 Å². The molecule has 0 bridgehead atoms. The van der Waals surface area contributed by atoms with Crippen LogP contribution < -0.4 is 10.2 Å². The van der Waals surface area contributed by atoms with Crippen LogP contribution >= 0.6 is 11.3 Å². The van der Waals surface area contributed by atoms with Gasteiger partial charge in [-0.25, -0.2) is 4.98 Å². The molecule has 114 valence electrons. The number of nitrogens with zero attached hydrogens (tertiary/aromatic N) is 3. The van der Waals surface area contributed by atoms with Crippen molar-refractivity contribution in [2.45, 2.75) is 45.7 Å². The van der Waals surface area contributed by atoms with E-state index >= 15 is 0 Å². The van der Waals surface area contributed by atoms with Gasteiger partial charge in [-0.1, -0.05) is 6.92 Å². The van der Waals surface area contributed by atoms with Crippen LogP contribution in [0.5, 0.6) is 0 Å². The Morgan fingerprint density at radius 2 is 2.25 bits per heavy atom. The lowest BCUT2D eigenvalue weighted by atomic mass is 10.2. The molecule has 0 spiro atoms. The number of aromatic nitrogens is 1. The van der Waals surface area contributed by atoms with Crippen LogP contribution in [0.4, 0.5) is 5.13 Å². The standard InChI is InChI=1S/C15H28N4S/c1-6-8-16-11(2)14-12(3)17-15(20-14)19-9-7-13(10-19)18(4)5/h11,13,16H,6-10H2,1-5H3. The summed E-state index contributed by atoms with van der Waals surface area (Å²) >= 11 is 1.86. The smallest absolute Gasteiger partial charge is 0.185 e. The van der Waals surface area contributed by atoms with Gasteiger partial charge in [-0.05, 0) is 47.3 Å². The molecule has 1 N–H and O–H groups in total. The van der Waals surface area contributed by atoms with Crippen LogP contribution in [-0.2, 0) is 0 Å². The van der Waals surface area contributed by atoms with Crippen LogP contribution in [0.3, 0.4) is 0 Å². The Morgan fingerprint density at radius 1 is 1.50 bits per heavy atom. The first-order chi connectivity index (χ1) is 9.52. The molecule has 2 rings (SSSR count). The van der Waals surface area contributed by atoms with Gasteiger partial charge < -0.3 is 15.1 Å². The van der Waals surface area contributed by atoms with Crippen LogP contribution in [0.15, 0.2) is 0 Å². The van der Waals surface area contributed by atoms with Gasteiger partial charge in [0.25, 0.3) is 0 Å². The van der Waals surface area contributed by atoms with Gasteiger partial charge in [-0.3, -0.25) is 0 Å². The van der Waals surface area contributed by atoms with Gasteiger partial charge in [-0.15, -0.1) is 11.3 Å². The first-order valence-corrected chi connectivity index (χ1v) is 8.46. The van der Waals surface area contributed by atoms with Crippen LogP contribution in [0.2, 0.25) is 0 Å². The fourth-order valence-corrected chi connectivity index (χ4v) is 3.85. The molecule has 1 aromatic heterocycles. The zero-order chi connectivity index (χ0) is 14.7. The van der Waals surface area contributed by atoms with E-state index in [1.54, 1.807) is 0 Å². The molecular weight excluding hydrogens is 268 g/mol. The highest BCUT2D eigenvalue weighted by Crippen LogP contribution is 2.32. The average molecular weight is 296 g/mol. The molecule has 2 atom stereocenters. The van der Waals surface area contributed by atoms with Crippen molar-refractivity contribution >= 4 is 16.5 Å². The van der Waals surface area contributed by atoms with Crippen molar-refractivity contribution in [3.05, 3.63) is 10.6 Å². The summed E-state index contributed by atoms with van der Waals surface area (Å²) in [6.07, 6.45) is 2.41. The van der Waals surface area contributed by atoms with Crippen LogP contribution in [0, 0.1) is 6.92 Å². The van der Waals surface area contributed by atoms with Crippen molar-refractivity contribution in [2.24, 2.45) is 0 Å². The van der Waals surface area contributed by atoms with Crippen molar-refractivity contribution in [1.29, 1.82) is 0 Å². The maximum atomic E-state index is 4.80. The fraction of sp³-hybridized carbons (Fsp3) is 0.800. The molecule has 0 saturated carbocycles. The molecule has 1 saturated heterocycles. The molecule has 0 radical (unpaired) electrons. The number of thiazole rings is 1. The van der Waals surface area contributed by atoms with Gasteiger partial charge in [0.2, 0.25) is 0 Å². The normalized spacial score (nSPS) is 20.9. The van der Waals surface area contributed by atoms with Crippen LogP contribution in [0.1, 0.15) is 43.3 Å². The number of nitrogens with one attached hydrogen (secondary N) is 1. The number of hydrogen-bond acceptors (Lipinski definition) is 5. The van der Waals surface area contributed by atoms with Gasteiger partial charge in [0.15, 0.2) is 5.13 Å². The van der Waals surface area contributed by atoms with Crippen LogP contribution in [-0.4, -0.2) is 49.7 Å². The van der Waals surface area contributed by atoms with Gasteiger partial charge in [-0.2, -0.15) is 0 Å². The third kappa shape index (κ3) is 3.51. The number of likely N-dealkylation sites (N-methyl/N-ethyl adjacent to an activating group) is 1. The van der Waals surface area contributed by atoms with E-state index in [0.29, 0.717) is 12.1 Å². The summed E-state index contributed by atoms with van der Waals surface area (Å²) in [6.45, 7) is 9.89. The van der Waals surface area contributed by atoms with Crippen molar-refractivity contribution < 1.29 is 0 Å². The van der Waals surface area contributed by atoms with E-state index in [1.165, 1.54) is 28.5 Å². The molecule has 4 nitrogen and oxygen atoms in total. The van der Waals surface area contributed by atoms with E-state index in [-0.39, 0.29) is 0 Å². The molecule has 1 aliphatic heterocycles. The minimum absolute atomic E-state index is 0.411. The average Bonchev–Trinajstić information content (AvgIpc) is 3.02. The Hall–Kier alpha value is -0.650. The summed E-state index contributed by atoms with van der Waals surface area (Å²) in [5, 5.41) is 4.76. The third-order valence-corrected chi connectivity index (χ3v) is 5.48. The summed E-state index contributed by atoms with van der Waals surface area (Å²) in [7, 11) is 4.34. The fourth-order valence-electron chi connectivity index (χ4n) is 2.72. The van der Waals surface area contributed by atoms with Crippen molar-refractivity contribution in [3.63, 3.8) is 0 Å². The zero-order valence-electron chi connectivity index (χ0n) is 13.4. The maximum absolute atomic E-state index is 4.80. The van der Waals surface area contributed by atoms with Crippen molar-refractivity contribution in [3.8, 4) is 0 Å². The van der Waals surface area contributed by atoms with Gasteiger partial charge >= 0.3 is 0 Å². The molecule has 5 heteroatoms. The summed E-state index contributed by atoms with van der Waals surface area (Å²) < 4.78 is 0. The summed E-state index contributed by atoms with van der Waals surface area (Å²) in [5.41, 5.74) is 1.19. The zero-order valence-corrected chi connectivity index (χ0v) is 14.3. The molecule has 0 aliphatic carbocycles. The predicted octanol–water partition coefficient (Wildman–Crippen LogP) is 2.65. The molecule has 1 fully saturated rings. The van der Waals surface area contributed by atoms with Gasteiger partial charge in [0.1, 0.15) is 0 Å². The highest BCUT2D eigenvalue weighted by Gasteiger charge is 2.27. The Bertz CT molecular complexity index is 430. The second kappa shape index (κ2) is 6.87. The Kier molecular flexibility index (Phi) is 5.41. The third-order valence-electron chi connectivity index (χ3n) is 4.08. The number of rotatable bonds is 6. The highest BCUT2D eigenvalue weighted by atomic mass is 32.1. The molecule has 2 heterocycles. The minimum atomic E-state index is 0.411. The molecule has 0 amide bonds. The molecular formula is C15H28N4S. The number of hydrogen-bond donors (Lipinski definition) is 1. The van der Waals surface area contributed by atoms with E-state index < -0.39 is 0 Å².